The Morgan fingerprint density at radius 3 is 2.45 bits per heavy atom. The van der Waals surface area contributed by atoms with E-state index in [2.05, 4.69) is 0 Å². The summed E-state index contributed by atoms with van der Waals surface area (Å²) in [5.74, 6) is 0.646. The van der Waals surface area contributed by atoms with Crippen LogP contribution < -0.4 is 0 Å². The van der Waals surface area contributed by atoms with Gasteiger partial charge in [-0.2, -0.15) is 0 Å². The van der Waals surface area contributed by atoms with E-state index in [1.807, 2.05) is 6.92 Å². The standard InChI is InChI=1S/C8H15Cl2F/c1-2-8(11)7(10)5-3-4-6-9/h7-8H,2-6H2,1H3. The maximum absolute atomic E-state index is 12.8. The molecular weight excluding hydrogens is 186 g/mol. The third-order valence-corrected chi connectivity index (χ3v) is 2.40. The molecule has 0 saturated heterocycles. The molecule has 0 aliphatic carbocycles. The molecule has 11 heavy (non-hydrogen) atoms. The summed E-state index contributed by atoms with van der Waals surface area (Å²) in [6.07, 6.45) is 2.25. The van der Waals surface area contributed by atoms with E-state index in [1.54, 1.807) is 0 Å². The van der Waals surface area contributed by atoms with Gasteiger partial charge in [-0.15, -0.1) is 23.2 Å². The van der Waals surface area contributed by atoms with Gasteiger partial charge in [-0.3, -0.25) is 0 Å². The van der Waals surface area contributed by atoms with Crippen LogP contribution in [-0.2, 0) is 0 Å². The van der Waals surface area contributed by atoms with Crippen molar-refractivity contribution < 1.29 is 4.39 Å². The maximum Gasteiger partial charge on any atom is 0.116 e. The predicted molar refractivity (Wildman–Crippen MR) is 49.4 cm³/mol. The van der Waals surface area contributed by atoms with Crippen molar-refractivity contribution in [2.75, 3.05) is 5.88 Å². The molecule has 0 aromatic rings. The van der Waals surface area contributed by atoms with Crippen molar-refractivity contribution in [2.24, 2.45) is 0 Å². The largest absolute Gasteiger partial charge is 0.246 e. The molecule has 0 nitrogen and oxygen atoms in total. The molecule has 2 unspecified atom stereocenters. The molecule has 68 valence electrons. The number of unbranched alkanes of at least 4 members (excludes halogenated alkanes) is 1. The first-order valence-corrected chi connectivity index (χ1v) is 5.03. The van der Waals surface area contributed by atoms with Crippen LogP contribution in [0.4, 0.5) is 4.39 Å². The fraction of sp³-hybridized carbons (Fsp3) is 1.00. The van der Waals surface area contributed by atoms with E-state index in [0.29, 0.717) is 12.3 Å². The molecule has 3 heteroatoms. The molecule has 0 spiro atoms. The van der Waals surface area contributed by atoms with Crippen molar-refractivity contribution in [1.29, 1.82) is 0 Å². The average Bonchev–Trinajstić information content (AvgIpc) is 2.03. The molecule has 0 saturated carbocycles. The van der Waals surface area contributed by atoms with E-state index in [0.717, 1.165) is 19.3 Å². The van der Waals surface area contributed by atoms with Crippen molar-refractivity contribution >= 4 is 23.2 Å². The second-order valence-corrected chi connectivity index (χ2v) is 3.56. The molecule has 0 aliphatic heterocycles. The SMILES string of the molecule is CCC(F)C(Cl)CCCCCl. The minimum Gasteiger partial charge on any atom is -0.246 e. The molecule has 0 rings (SSSR count). The summed E-state index contributed by atoms with van der Waals surface area (Å²) >= 11 is 11.2. The van der Waals surface area contributed by atoms with E-state index >= 15 is 0 Å². The molecule has 0 heterocycles. The minimum absolute atomic E-state index is 0.316. The lowest BCUT2D eigenvalue weighted by molar-refractivity contribution is 0.302. The normalized spacial score (nSPS) is 16.4. The molecular formula is C8H15Cl2F. The van der Waals surface area contributed by atoms with Crippen LogP contribution in [0.3, 0.4) is 0 Å². The zero-order valence-electron chi connectivity index (χ0n) is 6.82. The maximum atomic E-state index is 12.8. The number of halogens is 3. The number of alkyl halides is 3. The van der Waals surface area contributed by atoms with E-state index in [-0.39, 0.29) is 5.38 Å². The zero-order valence-corrected chi connectivity index (χ0v) is 8.34. The first-order valence-electron chi connectivity index (χ1n) is 4.06. The minimum atomic E-state index is -0.855. The Balaban J connectivity index is 3.28. The molecule has 0 bridgehead atoms. The van der Waals surface area contributed by atoms with E-state index < -0.39 is 6.17 Å². The first kappa shape index (κ1) is 11.5. The molecule has 0 aromatic carbocycles. The van der Waals surface area contributed by atoms with Gasteiger partial charge in [0, 0.05) is 5.88 Å². The summed E-state index contributed by atoms with van der Waals surface area (Å²) in [5, 5.41) is -0.316. The summed E-state index contributed by atoms with van der Waals surface area (Å²) in [4.78, 5) is 0. The lowest BCUT2D eigenvalue weighted by atomic mass is 10.1. The fourth-order valence-corrected chi connectivity index (χ4v) is 1.39. The molecule has 0 aromatic heterocycles. The smallest absolute Gasteiger partial charge is 0.116 e. The summed E-state index contributed by atoms with van der Waals surface area (Å²) in [6, 6.07) is 0. The lowest BCUT2D eigenvalue weighted by Crippen LogP contribution is -2.14. The third kappa shape index (κ3) is 5.75. The highest BCUT2D eigenvalue weighted by Gasteiger charge is 2.15. The Hall–Kier alpha value is 0.510. The van der Waals surface area contributed by atoms with E-state index in [1.165, 1.54) is 0 Å². The number of hydrogen-bond acceptors (Lipinski definition) is 0. The summed E-state index contributed by atoms with van der Waals surface area (Å²) in [6.45, 7) is 1.81. The molecule has 0 aliphatic rings. The highest BCUT2D eigenvalue weighted by molar-refractivity contribution is 6.21. The van der Waals surface area contributed by atoms with Crippen LogP contribution in [0.25, 0.3) is 0 Å². The topological polar surface area (TPSA) is 0 Å². The Labute approximate surface area is 78.1 Å². The van der Waals surface area contributed by atoms with Crippen LogP contribution >= 0.6 is 23.2 Å². The van der Waals surface area contributed by atoms with Gasteiger partial charge < -0.3 is 0 Å². The molecule has 0 fully saturated rings. The highest BCUT2D eigenvalue weighted by atomic mass is 35.5. The third-order valence-electron chi connectivity index (χ3n) is 1.65. The van der Waals surface area contributed by atoms with Crippen molar-refractivity contribution in [2.45, 2.75) is 44.2 Å². The van der Waals surface area contributed by atoms with E-state index in [9.17, 15) is 4.39 Å². The van der Waals surface area contributed by atoms with Gasteiger partial charge in [0.15, 0.2) is 0 Å². The van der Waals surface area contributed by atoms with Crippen LogP contribution in [0.1, 0.15) is 32.6 Å². The highest BCUT2D eigenvalue weighted by Crippen LogP contribution is 2.17. The average molecular weight is 201 g/mol. The van der Waals surface area contributed by atoms with E-state index in [4.69, 9.17) is 23.2 Å². The predicted octanol–water partition coefficient (Wildman–Crippen LogP) is 3.75. The molecule has 0 N–H and O–H groups in total. The van der Waals surface area contributed by atoms with Crippen molar-refractivity contribution in [3.8, 4) is 0 Å². The Morgan fingerprint density at radius 1 is 1.36 bits per heavy atom. The van der Waals surface area contributed by atoms with Crippen LogP contribution in [0, 0.1) is 0 Å². The molecule has 0 radical (unpaired) electrons. The second kappa shape index (κ2) is 7.17. The number of hydrogen-bond donors (Lipinski definition) is 0. The van der Waals surface area contributed by atoms with Crippen LogP contribution in [0.5, 0.6) is 0 Å². The lowest BCUT2D eigenvalue weighted by Gasteiger charge is -2.11. The number of rotatable bonds is 6. The van der Waals surface area contributed by atoms with Crippen molar-refractivity contribution in [1.82, 2.24) is 0 Å². The van der Waals surface area contributed by atoms with Gasteiger partial charge in [0.05, 0.1) is 5.38 Å². The van der Waals surface area contributed by atoms with Gasteiger partial charge in [-0.1, -0.05) is 13.3 Å². The van der Waals surface area contributed by atoms with Crippen molar-refractivity contribution in [3.63, 3.8) is 0 Å². The van der Waals surface area contributed by atoms with Crippen LogP contribution in [-0.4, -0.2) is 17.4 Å². The van der Waals surface area contributed by atoms with Gasteiger partial charge in [0.2, 0.25) is 0 Å². The zero-order chi connectivity index (χ0) is 8.69. The monoisotopic (exact) mass is 200 g/mol. The Bertz CT molecular complexity index is 88.2. The Kier molecular flexibility index (Phi) is 7.51. The summed E-state index contributed by atoms with van der Waals surface area (Å²) < 4.78 is 12.8. The van der Waals surface area contributed by atoms with Crippen LogP contribution in [0.15, 0.2) is 0 Å². The quantitative estimate of drug-likeness (QED) is 0.453. The summed E-state index contributed by atoms with van der Waals surface area (Å²) in [7, 11) is 0. The van der Waals surface area contributed by atoms with Crippen molar-refractivity contribution in [3.05, 3.63) is 0 Å². The first-order chi connectivity index (χ1) is 5.22. The summed E-state index contributed by atoms with van der Waals surface area (Å²) in [5.41, 5.74) is 0. The molecule has 0 amide bonds. The van der Waals surface area contributed by atoms with Gasteiger partial charge in [-0.05, 0) is 19.3 Å². The van der Waals surface area contributed by atoms with Gasteiger partial charge in [0.1, 0.15) is 6.17 Å². The fourth-order valence-electron chi connectivity index (χ4n) is 0.870. The molecule has 2 atom stereocenters. The Morgan fingerprint density at radius 2 is 2.00 bits per heavy atom. The van der Waals surface area contributed by atoms with Gasteiger partial charge in [-0.25, -0.2) is 4.39 Å². The van der Waals surface area contributed by atoms with Gasteiger partial charge in [0.25, 0.3) is 0 Å². The van der Waals surface area contributed by atoms with Crippen LogP contribution in [0.2, 0.25) is 0 Å². The second-order valence-electron chi connectivity index (χ2n) is 2.62. The van der Waals surface area contributed by atoms with Gasteiger partial charge >= 0.3 is 0 Å².